The van der Waals surface area contributed by atoms with Crippen LogP contribution in [-0.4, -0.2) is 48.1 Å². The first kappa shape index (κ1) is 25.0. The van der Waals surface area contributed by atoms with Gasteiger partial charge in [-0.1, -0.05) is 12.1 Å². The van der Waals surface area contributed by atoms with Crippen molar-refractivity contribution in [1.82, 2.24) is 9.97 Å². The van der Waals surface area contributed by atoms with Crippen molar-refractivity contribution in [1.29, 1.82) is 0 Å². The van der Waals surface area contributed by atoms with Crippen molar-refractivity contribution < 1.29 is 33.9 Å². The average molecular weight is 495 g/mol. The van der Waals surface area contributed by atoms with E-state index in [0.29, 0.717) is 40.7 Å². The van der Waals surface area contributed by atoms with Crippen LogP contribution in [0.4, 0.5) is 19.0 Å². The molecule has 2 aromatic carbocycles. The summed E-state index contributed by atoms with van der Waals surface area (Å²) in [5.41, 5.74) is -2.88. The van der Waals surface area contributed by atoms with E-state index in [1.165, 1.54) is 19.2 Å². The maximum absolute atomic E-state index is 15.3. The number of ether oxygens (including phenoxy) is 3. The van der Waals surface area contributed by atoms with Crippen LogP contribution >= 0.6 is 0 Å². The molecule has 0 aliphatic heterocycles. The molecule has 3 aromatic rings. The van der Waals surface area contributed by atoms with E-state index in [-0.39, 0.29) is 19.3 Å². The third-order valence-electron chi connectivity index (χ3n) is 5.53. The Kier molecular flexibility index (Phi) is 7.32. The normalized spacial score (nSPS) is 13.5. The molecule has 0 amide bonds. The highest BCUT2D eigenvalue weighted by Crippen LogP contribution is 2.41. The number of hydrogen-bond acceptors (Lipinski definition) is 7. The molecular formula is C25H30F3N3O4. The molecule has 0 unspecified atom stereocenters. The summed E-state index contributed by atoms with van der Waals surface area (Å²) >= 11 is 0. The Morgan fingerprint density at radius 2 is 1.91 bits per heavy atom. The van der Waals surface area contributed by atoms with Crippen molar-refractivity contribution in [3.8, 4) is 11.5 Å². The van der Waals surface area contributed by atoms with Gasteiger partial charge in [0.2, 0.25) is 0 Å². The number of hydrogen-bond donors (Lipinski definition) is 2. The first-order chi connectivity index (χ1) is 16.9. The van der Waals surface area contributed by atoms with Gasteiger partial charge in [0.25, 0.3) is 0 Å². The van der Waals surface area contributed by atoms with Gasteiger partial charge >= 0.3 is 5.92 Å². The van der Waals surface area contributed by atoms with Gasteiger partial charge in [-0.15, -0.1) is 0 Å². The van der Waals surface area contributed by atoms with Crippen LogP contribution in [0.25, 0.3) is 10.9 Å². The fraction of sp³-hybridized carbons (Fsp3) is 0.440. The number of nitrogens with one attached hydrogen (secondary N) is 1. The minimum absolute atomic E-state index is 0.0217. The van der Waals surface area contributed by atoms with Gasteiger partial charge in [0.05, 0.1) is 32.2 Å². The Morgan fingerprint density at radius 3 is 2.57 bits per heavy atom. The predicted molar refractivity (Wildman–Crippen MR) is 127 cm³/mol. The van der Waals surface area contributed by atoms with Gasteiger partial charge in [0.1, 0.15) is 29.7 Å². The van der Waals surface area contributed by atoms with Crippen molar-refractivity contribution in [3.63, 3.8) is 0 Å². The van der Waals surface area contributed by atoms with Crippen molar-refractivity contribution in [2.75, 3.05) is 32.7 Å². The van der Waals surface area contributed by atoms with E-state index >= 15 is 4.39 Å². The molecule has 190 valence electrons. The Bertz CT molecular complexity index is 1220. The van der Waals surface area contributed by atoms with Crippen molar-refractivity contribution in [2.24, 2.45) is 0 Å². The molecule has 0 fully saturated rings. The molecule has 1 aromatic heterocycles. The molecular weight excluding hydrogens is 463 g/mol. The lowest BCUT2D eigenvalue weighted by Crippen LogP contribution is -2.41. The Morgan fingerprint density at radius 1 is 1.17 bits per heavy atom. The molecule has 0 bridgehead atoms. The molecule has 0 saturated heterocycles. The quantitative estimate of drug-likeness (QED) is 0.377. The van der Waals surface area contributed by atoms with E-state index in [4.69, 9.17) is 15.6 Å². The molecule has 10 heteroatoms. The van der Waals surface area contributed by atoms with Gasteiger partial charge in [-0.25, -0.2) is 14.4 Å². The van der Waals surface area contributed by atoms with Crippen LogP contribution in [0.15, 0.2) is 30.3 Å². The summed E-state index contributed by atoms with van der Waals surface area (Å²) in [5.74, 6) is -3.53. The number of fused-ring (bicyclic) bond motifs is 1. The number of aryl methyl sites for hydroxylation is 1. The fourth-order valence-corrected chi connectivity index (χ4v) is 3.56. The van der Waals surface area contributed by atoms with Gasteiger partial charge in [0, 0.05) is 24.1 Å². The van der Waals surface area contributed by atoms with Crippen LogP contribution in [0.5, 0.6) is 11.5 Å². The highest BCUT2D eigenvalue weighted by atomic mass is 19.3. The summed E-state index contributed by atoms with van der Waals surface area (Å²) in [6.45, 7) is 5.71. The molecule has 0 spiro atoms. The number of halogens is 3. The summed E-state index contributed by atoms with van der Waals surface area (Å²) < 4.78 is 68.3. The van der Waals surface area contributed by atoms with Crippen LogP contribution in [0.1, 0.15) is 45.1 Å². The molecule has 7 nitrogen and oxygen atoms in total. The Labute approximate surface area is 203 Å². The molecule has 0 radical (unpaired) electrons. The molecule has 0 saturated carbocycles. The van der Waals surface area contributed by atoms with Crippen LogP contribution in [-0.2, 0) is 10.7 Å². The molecule has 35 heavy (non-hydrogen) atoms. The van der Waals surface area contributed by atoms with Crippen molar-refractivity contribution in [2.45, 2.75) is 45.3 Å². The van der Waals surface area contributed by atoms with Crippen LogP contribution in [0.3, 0.4) is 0 Å². The fourth-order valence-electron chi connectivity index (χ4n) is 3.56. The first-order valence-corrected chi connectivity index (χ1v) is 10.9. The van der Waals surface area contributed by atoms with E-state index in [0.717, 1.165) is 19.9 Å². The maximum atomic E-state index is 15.3. The molecule has 1 heterocycles. The van der Waals surface area contributed by atoms with E-state index in [1.54, 1.807) is 26.0 Å². The lowest BCUT2D eigenvalue weighted by Gasteiger charge is -2.30. The summed E-state index contributed by atoms with van der Waals surface area (Å²) in [6, 6.07) is 6.16. The Balaban J connectivity index is 2.04. The number of alkyl halides is 2. The lowest BCUT2D eigenvalue weighted by molar-refractivity contribution is -0.170. The first-order valence-electron chi connectivity index (χ1n) is 11.6. The predicted octanol–water partition coefficient (Wildman–Crippen LogP) is 5.15. The zero-order valence-electron chi connectivity index (χ0n) is 21.3. The maximum Gasteiger partial charge on any atom is 0.303 e. The summed E-state index contributed by atoms with van der Waals surface area (Å²) in [5, 5.41) is 13.5. The minimum Gasteiger partial charge on any atom is -0.493 e. The van der Waals surface area contributed by atoms with E-state index in [2.05, 4.69) is 15.3 Å². The standard InChI is InChI=1S/C25H30F3N3O4/c1-14(16-8-7-9-18(22(16)26)25(27,28)24(3,4)32)29-23-17-12-21(35-11-10-33-5)20(34-6)13-19(17)30-15(2)31-23/h7-9,12-14,32H,10-11H2,1-6H3,(H,29,30,31)/t14-/m1/s1/i6D. The molecule has 2 N–H and O–H groups in total. The van der Waals surface area contributed by atoms with Crippen LogP contribution in [0, 0.1) is 12.7 Å². The molecule has 0 aliphatic carbocycles. The van der Waals surface area contributed by atoms with Gasteiger partial charge in [-0.05, 0) is 39.8 Å². The lowest BCUT2D eigenvalue weighted by atomic mass is 9.91. The number of rotatable bonds is 10. The van der Waals surface area contributed by atoms with Gasteiger partial charge < -0.3 is 24.6 Å². The number of nitrogens with zero attached hydrogens (tertiary/aromatic N) is 2. The SMILES string of the molecule is [2H]COc1cc2nc(C)nc(N[C@H](C)c3cccc(C(F)(F)C(C)(C)O)c3F)c2cc1OCCOC. The monoisotopic (exact) mass is 494 g/mol. The molecule has 3 rings (SSSR count). The van der Waals surface area contributed by atoms with E-state index in [9.17, 15) is 13.9 Å². The topological polar surface area (TPSA) is 85.7 Å². The number of benzene rings is 2. The van der Waals surface area contributed by atoms with Gasteiger partial charge in [-0.3, -0.25) is 0 Å². The van der Waals surface area contributed by atoms with Crippen LogP contribution < -0.4 is 14.8 Å². The highest BCUT2D eigenvalue weighted by molar-refractivity contribution is 5.92. The van der Waals surface area contributed by atoms with E-state index < -0.39 is 28.9 Å². The average Bonchev–Trinajstić information content (AvgIpc) is 2.79. The Hall–Kier alpha value is -3.11. The number of methoxy groups -OCH3 is 2. The smallest absolute Gasteiger partial charge is 0.303 e. The second-order valence-corrected chi connectivity index (χ2v) is 8.63. The summed E-state index contributed by atoms with van der Waals surface area (Å²) in [7, 11) is 1.21. The second kappa shape index (κ2) is 10.2. The second-order valence-electron chi connectivity index (χ2n) is 8.63. The van der Waals surface area contributed by atoms with E-state index in [1.807, 2.05) is 0 Å². The van der Waals surface area contributed by atoms with Crippen molar-refractivity contribution >= 4 is 16.7 Å². The number of aromatic nitrogens is 2. The highest BCUT2D eigenvalue weighted by Gasteiger charge is 2.49. The third-order valence-corrected chi connectivity index (χ3v) is 5.53. The zero-order chi connectivity index (χ0) is 26.7. The molecule has 1 atom stereocenters. The summed E-state index contributed by atoms with van der Waals surface area (Å²) in [6.07, 6.45) is 0. The number of anilines is 1. The number of aliphatic hydroxyl groups is 1. The van der Waals surface area contributed by atoms with Crippen molar-refractivity contribution in [3.05, 3.63) is 53.1 Å². The summed E-state index contributed by atoms with van der Waals surface area (Å²) in [4.78, 5) is 8.84. The zero-order valence-corrected chi connectivity index (χ0v) is 20.3. The van der Waals surface area contributed by atoms with Gasteiger partial charge in [-0.2, -0.15) is 8.78 Å². The van der Waals surface area contributed by atoms with Gasteiger partial charge in [0.15, 0.2) is 11.5 Å². The van der Waals surface area contributed by atoms with Crippen LogP contribution in [0.2, 0.25) is 0 Å². The minimum atomic E-state index is -3.81. The third kappa shape index (κ3) is 5.43. The largest absolute Gasteiger partial charge is 0.493 e. The molecule has 0 aliphatic rings.